The predicted octanol–water partition coefficient (Wildman–Crippen LogP) is -0.840. The number of hydrogen-bond acceptors (Lipinski definition) is 11. The normalized spacial score (nSPS) is 15.5. The fraction of sp³-hybridized carbons (Fsp3) is 0.536. The first kappa shape index (κ1) is 32.3. The number of para-hydroxylation sites is 1. The molecule has 2 aromatic carbocycles. The van der Waals surface area contributed by atoms with Crippen molar-refractivity contribution in [1.29, 1.82) is 0 Å². The van der Waals surface area contributed by atoms with E-state index < -0.39 is 44.4 Å². The Balaban J connectivity index is 1.73. The summed E-state index contributed by atoms with van der Waals surface area (Å²) < 4.78 is 0.447. The average molecular weight is 577 g/mol. The lowest BCUT2D eigenvalue weighted by molar-refractivity contribution is -0.514. The number of nitroso groups, excluding NO2 is 1. The monoisotopic (exact) mass is 576 g/mol. The summed E-state index contributed by atoms with van der Waals surface area (Å²) >= 11 is 0. The SMILES string of the molecule is Cc1cc(CN2CCNCCN(Cc3cccc(C(=O)NC(CO)CO)c3O)CC2)c(O)c([N+](=O)C(CO)CO)c1. The Hall–Kier alpha value is -3.17. The number of phenols is 2. The van der Waals surface area contributed by atoms with Crippen molar-refractivity contribution in [1.82, 2.24) is 20.4 Å². The van der Waals surface area contributed by atoms with Crippen LogP contribution < -0.4 is 10.6 Å². The van der Waals surface area contributed by atoms with Crippen LogP contribution in [0.4, 0.5) is 5.69 Å². The van der Waals surface area contributed by atoms with Gasteiger partial charge in [0.05, 0.1) is 24.8 Å². The molecule has 13 heteroatoms. The van der Waals surface area contributed by atoms with Gasteiger partial charge in [0.1, 0.15) is 19.0 Å². The Morgan fingerprint density at radius 1 is 0.902 bits per heavy atom. The van der Waals surface area contributed by atoms with Crippen LogP contribution in [0.2, 0.25) is 0 Å². The lowest BCUT2D eigenvalue weighted by Crippen LogP contribution is -2.40. The number of hydrogen-bond donors (Lipinski definition) is 8. The summed E-state index contributed by atoms with van der Waals surface area (Å²) in [6.07, 6.45) is 0. The molecule has 1 aliphatic heterocycles. The maximum absolute atomic E-state index is 12.7. The topological polar surface area (TPSA) is 189 Å². The van der Waals surface area contributed by atoms with Crippen molar-refractivity contribution in [2.75, 3.05) is 65.7 Å². The Labute approximate surface area is 239 Å². The molecule has 0 radical (unpaired) electrons. The molecule has 0 saturated carbocycles. The smallest absolute Gasteiger partial charge is 0.298 e. The van der Waals surface area contributed by atoms with Crippen LogP contribution in [-0.2, 0) is 13.1 Å². The Kier molecular flexibility index (Phi) is 12.4. The molecule has 0 spiro atoms. The minimum atomic E-state index is -1.08. The van der Waals surface area contributed by atoms with Crippen molar-refractivity contribution < 1.29 is 40.2 Å². The number of aryl methyl sites for hydroxylation is 1. The van der Waals surface area contributed by atoms with Crippen LogP contribution in [0, 0.1) is 11.8 Å². The van der Waals surface area contributed by atoms with E-state index in [0.717, 1.165) is 5.56 Å². The zero-order valence-corrected chi connectivity index (χ0v) is 23.4. The van der Waals surface area contributed by atoms with Crippen molar-refractivity contribution in [2.45, 2.75) is 32.1 Å². The van der Waals surface area contributed by atoms with E-state index in [9.17, 15) is 40.3 Å². The van der Waals surface area contributed by atoms with Crippen molar-refractivity contribution in [3.8, 4) is 11.5 Å². The second kappa shape index (κ2) is 15.7. The quantitative estimate of drug-likeness (QED) is 0.147. The zero-order valence-electron chi connectivity index (χ0n) is 23.4. The third kappa shape index (κ3) is 8.66. The second-order valence-electron chi connectivity index (χ2n) is 10.3. The highest BCUT2D eigenvalue weighted by molar-refractivity contribution is 5.97. The number of benzene rings is 2. The van der Waals surface area contributed by atoms with Crippen molar-refractivity contribution in [3.05, 3.63) is 57.5 Å². The summed E-state index contributed by atoms with van der Waals surface area (Å²) in [7, 11) is 0. The molecule has 1 aliphatic rings. The summed E-state index contributed by atoms with van der Waals surface area (Å²) in [6.45, 7) is 4.63. The number of aliphatic hydroxyl groups is 4. The van der Waals surface area contributed by atoms with Crippen LogP contribution in [-0.4, -0.2) is 129 Å². The van der Waals surface area contributed by atoms with E-state index in [1.54, 1.807) is 12.1 Å². The highest BCUT2D eigenvalue weighted by Gasteiger charge is 2.31. The molecule has 0 aromatic heterocycles. The number of nitrogens with one attached hydrogen (secondary N) is 2. The van der Waals surface area contributed by atoms with Crippen molar-refractivity contribution >= 4 is 11.6 Å². The molecule has 1 heterocycles. The Morgan fingerprint density at radius 2 is 1.51 bits per heavy atom. The van der Waals surface area contributed by atoms with E-state index in [-0.39, 0.29) is 22.7 Å². The molecule has 8 N–H and O–H groups in total. The first-order chi connectivity index (χ1) is 19.7. The molecule has 3 rings (SSSR count). The number of aromatic hydroxyl groups is 2. The van der Waals surface area contributed by atoms with Crippen LogP contribution >= 0.6 is 0 Å². The van der Waals surface area contributed by atoms with Gasteiger partial charge in [-0.1, -0.05) is 18.2 Å². The van der Waals surface area contributed by atoms with Crippen LogP contribution in [0.25, 0.3) is 0 Å². The highest BCUT2D eigenvalue weighted by Crippen LogP contribution is 2.33. The van der Waals surface area contributed by atoms with Crippen LogP contribution in [0.3, 0.4) is 0 Å². The lowest BCUT2D eigenvalue weighted by atomic mass is 10.1. The van der Waals surface area contributed by atoms with Crippen molar-refractivity contribution in [2.24, 2.45) is 0 Å². The maximum atomic E-state index is 12.7. The van der Waals surface area contributed by atoms with Crippen molar-refractivity contribution in [3.63, 3.8) is 0 Å². The molecule has 0 unspecified atom stereocenters. The van der Waals surface area contributed by atoms with Crippen LogP contribution in [0.1, 0.15) is 27.0 Å². The van der Waals surface area contributed by atoms with Gasteiger partial charge in [0.15, 0.2) is 5.75 Å². The first-order valence-corrected chi connectivity index (χ1v) is 13.7. The number of carbonyl (C=O) groups excluding carboxylic acids is 1. The molecule has 0 bridgehead atoms. The van der Waals surface area contributed by atoms with E-state index in [1.165, 1.54) is 12.1 Å². The largest absolute Gasteiger partial charge is 0.507 e. The molecular formula is C28H42N5O8+. The molecule has 226 valence electrons. The Morgan fingerprint density at radius 3 is 2.10 bits per heavy atom. The van der Waals surface area contributed by atoms with Crippen LogP contribution in [0.5, 0.6) is 11.5 Å². The fourth-order valence-corrected chi connectivity index (χ4v) is 4.74. The van der Waals surface area contributed by atoms with Gasteiger partial charge >= 0.3 is 0 Å². The zero-order chi connectivity index (χ0) is 29.9. The van der Waals surface area contributed by atoms with Gasteiger partial charge in [-0.15, -0.1) is 0 Å². The standard InChI is InChI=1S/C28H41N5O8/c1-19-11-21(27(39)25(12-19)33(41)23(17-36)18-37)14-32-8-6-29-5-7-31(9-10-32)13-20-3-2-4-24(26(20)38)28(40)30-22(15-34)16-35/h2-4,11-12,22-23,29,34-37H,5-10,13-18H2,1H3,(H2-,30,38,39,40,41)/p+1. The number of aliphatic hydroxyl groups excluding tert-OH is 4. The molecular weight excluding hydrogens is 534 g/mol. The van der Waals surface area contributed by atoms with Gasteiger partial charge in [-0.25, -0.2) is 0 Å². The van der Waals surface area contributed by atoms with E-state index in [4.69, 9.17) is 0 Å². The summed E-state index contributed by atoms with van der Waals surface area (Å²) in [6, 6.07) is 6.33. The third-order valence-electron chi connectivity index (χ3n) is 7.17. The summed E-state index contributed by atoms with van der Waals surface area (Å²) in [5.41, 5.74) is 1.94. The van der Waals surface area contributed by atoms with Gasteiger partial charge in [-0.3, -0.25) is 14.6 Å². The van der Waals surface area contributed by atoms with Gasteiger partial charge in [0.2, 0.25) is 0 Å². The Bertz CT molecular complexity index is 1170. The molecule has 2 aromatic rings. The molecule has 0 atom stereocenters. The van der Waals surface area contributed by atoms with E-state index in [0.29, 0.717) is 68.2 Å². The number of rotatable bonds is 12. The molecule has 41 heavy (non-hydrogen) atoms. The fourth-order valence-electron chi connectivity index (χ4n) is 4.74. The molecule has 0 aliphatic carbocycles. The van der Waals surface area contributed by atoms with Gasteiger partial charge in [-0.2, -0.15) is 0 Å². The minimum absolute atomic E-state index is 0.000750. The first-order valence-electron chi connectivity index (χ1n) is 13.7. The van der Waals surface area contributed by atoms with Crippen LogP contribution in [0.15, 0.2) is 30.3 Å². The van der Waals surface area contributed by atoms with E-state index in [2.05, 4.69) is 20.4 Å². The maximum Gasteiger partial charge on any atom is 0.298 e. The summed E-state index contributed by atoms with van der Waals surface area (Å²) in [5, 5.41) is 65.0. The lowest BCUT2D eigenvalue weighted by Gasteiger charge is -2.26. The molecule has 13 nitrogen and oxygen atoms in total. The average Bonchev–Trinajstić information content (AvgIpc) is 3.07. The molecule has 1 amide bonds. The summed E-state index contributed by atoms with van der Waals surface area (Å²) in [5.74, 6) is -0.937. The third-order valence-corrected chi connectivity index (χ3v) is 7.17. The summed E-state index contributed by atoms with van der Waals surface area (Å²) in [4.78, 5) is 29.6. The highest BCUT2D eigenvalue weighted by atomic mass is 16.3. The number of nitrogens with zero attached hydrogens (tertiary/aromatic N) is 3. The molecule has 1 saturated heterocycles. The van der Waals surface area contributed by atoms with E-state index in [1.807, 2.05) is 13.0 Å². The van der Waals surface area contributed by atoms with E-state index >= 15 is 0 Å². The number of carbonyl (C=O) groups is 1. The van der Waals surface area contributed by atoms with Gasteiger partial charge in [0, 0.05) is 79.2 Å². The predicted molar refractivity (Wildman–Crippen MR) is 151 cm³/mol. The second-order valence-corrected chi connectivity index (χ2v) is 10.3. The minimum Gasteiger partial charge on any atom is -0.507 e. The van der Waals surface area contributed by atoms with Gasteiger partial charge in [-0.05, 0) is 18.6 Å². The number of amides is 1. The van der Waals surface area contributed by atoms with Gasteiger partial charge in [0.25, 0.3) is 17.6 Å². The van der Waals surface area contributed by atoms with Gasteiger partial charge < -0.3 is 41.3 Å². The number of phenolic OH excluding ortho intramolecular Hbond substituents is 2. The molecule has 1 fully saturated rings.